The van der Waals surface area contributed by atoms with Crippen LogP contribution in [0.5, 0.6) is 11.5 Å². The molecular weight excluding hydrogens is 502 g/mol. The molecule has 1 aliphatic carbocycles. The SMILES string of the molecule is CC(=O)N[C@H]1CCC[C@H]1NC(=O)c1sc2nccc3c2c1NC(=O)N3c1ccc(Oc2ccccc2)cc1. The van der Waals surface area contributed by atoms with Crippen LogP contribution in [0.1, 0.15) is 35.9 Å². The Morgan fingerprint density at radius 1 is 1.00 bits per heavy atom. The van der Waals surface area contributed by atoms with E-state index in [1.807, 2.05) is 54.6 Å². The van der Waals surface area contributed by atoms with Gasteiger partial charge in [0.2, 0.25) is 5.91 Å². The molecule has 2 aromatic heterocycles. The Labute approximate surface area is 222 Å². The van der Waals surface area contributed by atoms with Crippen molar-refractivity contribution in [3.8, 4) is 11.5 Å². The summed E-state index contributed by atoms with van der Waals surface area (Å²) in [6.07, 6.45) is 4.16. The minimum absolute atomic E-state index is 0.102. The van der Waals surface area contributed by atoms with Crippen molar-refractivity contribution < 1.29 is 19.1 Å². The highest BCUT2D eigenvalue weighted by molar-refractivity contribution is 7.21. The van der Waals surface area contributed by atoms with Crippen LogP contribution in [0, 0.1) is 0 Å². The van der Waals surface area contributed by atoms with Gasteiger partial charge in [-0.1, -0.05) is 18.2 Å². The van der Waals surface area contributed by atoms with Crippen LogP contribution in [0.25, 0.3) is 10.2 Å². The fraction of sp³-hybridized carbons (Fsp3) is 0.214. The van der Waals surface area contributed by atoms with Gasteiger partial charge in [-0.2, -0.15) is 0 Å². The summed E-state index contributed by atoms with van der Waals surface area (Å²) in [7, 11) is 0. The zero-order chi connectivity index (χ0) is 26.2. The van der Waals surface area contributed by atoms with Crippen molar-refractivity contribution in [3.05, 3.63) is 71.7 Å². The highest BCUT2D eigenvalue weighted by atomic mass is 32.1. The van der Waals surface area contributed by atoms with Crippen LogP contribution in [0.2, 0.25) is 0 Å². The van der Waals surface area contributed by atoms with E-state index in [2.05, 4.69) is 20.9 Å². The van der Waals surface area contributed by atoms with Gasteiger partial charge in [0.15, 0.2) is 0 Å². The van der Waals surface area contributed by atoms with Crippen molar-refractivity contribution in [2.24, 2.45) is 0 Å². The smallest absolute Gasteiger partial charge is 0.331 e. The van der Waals surface area contributed by atoms with E-state index in [-0.39, 0.29) is 29.9 Å². The summed E-state index contributed by atoms with van der Waals surface area (Å²) in [6, 6.07) is 17.9. The zero-order valence-corrected chi connectivity index (χ0v) is 21.4. The van der Waals surface area contributed by atoms with Gasteiger partial charge in [-0.05, 0) is 61.7 Å². The Morgan fingerprint density at radius 3 is 2.45 bits per heavy atom. The molecule has 1 fully saturated rings. The number of carbonyl (C=O) groups is 3. The summed E-state index contributed by atoms with van der Waals surface area (Å²) >= 11 is 1.24. The monoisotopic (exact) mass is 527 g/mol. The molecule has 2 aromatic carbocycles. The number of anilines is 3. The number of urea groups is 1. The third-order valence-electron chi connectivity index (χ3n) is 6.75. The van der Waals surface area contributed by atoms with E-state index in [4.69, 9.17) is 4.74 Å². The Bertz CT molecular complexity index is 1540. The standard InChI is InChI=1S/C28H25N5O4S/c1-16(34)30-20-8-5-9-21(20)31-26(35)25-24-23-22(14-15-29-27(23)38-25)33(28(36)32-24)17-10-12-19(13-11-17)37-18-6-3-2-4-7-18/h2-4,6-7,10-15,20-21H,5,8-9H2,1H3,(H,30,34)(H,31,35)(H,32,36)/t20-,21+/m0/s1. The highest BCUT2D eigenvalue weighted by Crippen LogP contribution is 2.46. The molecule has 192 valence electrons. The quantitative estimate of drug-likeness (QED) is 0.304. The Hall–Kier alpha value is -4.44. The van der Waals surface area contributed by atoms with Gasteiger partial charge in [-0.3, -0.25) is 14.5 Å². The van der Waals surface area contributed by atoms with Crippen molar-refractivity contribution in [1.82, 2.24) is 15.6 Å². The maximum atomic E-state index is 13.4. The van der Waals surface area contributed by atoms with Crippen LogP contribution in [-0.2, 0) is 4.79 Å². The van der Waals surface area contributed by atoms with Gasteiger partial charge in [0.05, 0.1) is 22.4 Å². The third-order valence-corrected chi connectivity index (χ3v) is 7.84. The van der Waals surface area contributed by atoms with Crippen LogP contribution in [-0.4, -0.2) is 34.9 Å². The number of ether oxygens (including phenoxy) is 1. The lowest BCUT2D eigenvalue weighted by molar-refractivity contribution is -0.119. The maximum Gasteiger partial charge on any atom is 0.331 e. The van der Waals surface area contributed by atoms with E-state index in [9.17, 15) is 14.4 Å². The average molecular weight is 528 g/mol. The average Bonchev–Trinajstić information content (AvgIpc) is 3.50. The number of nitrogens with zero attached hydrogens (tertiary/aromatic N) is 2. The largest absolute Gasteiger partial charge is 0.457 e. The fourth-order valence-corrected chi connectivity index (χ4v) is 6.11. The van der Waals surface area contributed by atoms with Crippen molar-refractivity contribution in [1.29, 1.82) is 0 Å². The molecule has 2 atom stereocenters. The van der Waals surface area contributed by atoms with Gasteiger partial charge < -0.3 is 20.7 Å². The second-order valence-electron chi connectivity index (χ2n) is 9.31. The Morgan fingerprint density at radius 2 is 1.71 bits per heavy atom. The topological polar surface area (TPSA) is 113 Å². The normalized spacial score (nSPS) is 18.2. The van der Waals surface area contributed by atoms with Crippen LogP contribution >= 0.6 is 11.3 Å². The molecule has 0 unspecified atom stereocenters. The molecule has 10 heteroatoms. The molecule has 4 amide bonds. The number of aromatic nitrogens is 1. The summed E-state index contributed by atoms with van der Waals surface area (Å²) in [5.41, 5.74) is 1.77. The Kier molecular flexibility index (Phi) is 6.16. The van der Waals surface area contributed by atoms with E-state index >= 15 is 0 Å². The minimum atomic E-state index is -0.369. The molecule has 1 aliphatic heterocycles. The molecule has 9 nitrogen and oxygen atoms in total. The van der Waals surface area contributed by atoms with Crippen molar-refractivity contribution in [2.45, 2.75) is 38.3 Å². The third kappa shape index (κ3) is 4.43. The number of benzene rings is 2. The van der Waals surface area contributed by atoms with Crippen LogP contribution in [0.3, 0.4) is 0 Å². The van der Waals surface area contributed by atoms with E-state index in [1.54, 1.807) is 17.2 Å². The zero-order valence-electron chi connectivity index (χ0n) is 20.6. The summed E-state index contributed by atoms with van der Waals surface area (Å²) < 4.78 is 5.88. The van der Waals surface area contributed by atoms with E-state index in [0.29, 0.717) is 32.5 Å². The molecular formula is C28H25N5O4S. The predicted octanol–water partition coefficient (Wildman–Crippen LogP) is 5.56. The van der Waals surface area contributed by atoms with Gasteiger partial charge in [0.25, 0.3) is 5.91 Å². The maximum absolute atomic E-state index is 13.4. The number of nitrogens with one attached hydrogen (secondary N) is 3. The first-order chi connectivity index (χ1) is 18.5. The molecule has 0 saturated heterocycles. The molecule has 3 heterocycles. The predicted molar refractivity (Wildman–Crippen MR) is 146 cm³/mol. The van der Waals surface area contributed by atoms with Crippen molar-refractivity contribution in [3.63, 3.8) is 0 Å². The highest BCUT2D eigenvalue weighted by Gasteiger charge is 2.35. The first-order valence-corrected chi connectivity index (χ1v) is 13.2. The molecule has 3 N–H and O–H groups in total. The number of hydrogen-bond donors (Lipinski definition) is 3. The first kappa shape index (κ1) is 23.9. The van der Waals surface area contributed by atoms with Crippen LogP contribution in [0.15, 0.2) is 66.9 Å². The number of hydrogen-bond acceptors (Lipinski definition) is 6. The molecule has 38 heavy (non-hydrogen) atoms. The number of para-hydroxylation sites is 1. The molecule has 6 rings (SSSR count). The molecule has 1 saturated carbocycles. The summed E-state index contributed by atoms with van der Waals surface area (Å²) in [5.74, 6) is 0.972. The number of pyridine rings is 1. The van der Waals surface area contributed by atoms with E-state index in [1.165, 1.54) is 18.3 Å². The van der Waals surface area contributed by atoms with Gasteiger partial charge in [0, 0.05) is 25.2 Å². The molecule has 0 bridgehead atoms. The lowest BCUT2D eigenvalue weighted by atomic mass is 10.1. The summed E-state index contributed by atoms with van der Waals surface area (Å²) in [6.45, 7) is 1.48. The van der Waals surface area contributed by atoms with Gasteiger partial charge in [0.1, 0.15) is 21.2 Å². The lowest BCUT2D eigenvalue weighted by Crippen LogP contribution is -2.48. The second-order valence-corrected chi connectivity index (χ2v) is 10.3. The Balaban J connectivity index is 1.29. The van der Waals surface area contributed by atoms with Gasteiger partial charge in [-0.25, -0.2) is 9.78 Å². The van der Waals surface area contributed by atoms with Crippen molar-refractivity contribution in [2.75, 3.05) is 10.2 Å². The summed E-state index contributed by atoms with van der Waals surface area (Å²) in [5, 5.41) is 9.63. The summed E-state index contributed by atoms with van der Waals surface area (Å²) in [4.78, 5) is 45.3. The van der Waals surface area contributed by atoms with E-state index in [0.717, 1.165) is 30.4 Å². The lowest BCUT2D eigenvalue weighted by Gasteiger charge is -2.28. The van der Waals surface area contributed by atoms with Crippen molar-refractivity contribution >= 4 is 56.5 Å². The fourth-order valence-electron chi connectivity index (χ4n) is 5.09. The molecule has 0 spiro atoms. The van der Waals surface area contributed by atoms with Gasteiger partial charge in [-0.15, -0.1) is 11.3 Å². The van der Waals surface area contributed by atoms with E-state index < -0.39 is 0 Å². The number of carbonyl (C=O) groups excluding carboxylic acids is 3. The molecule has 4 aromatic rings. The molecule has 2 aliphatic rings. The molecule has 0 radical (unpaired) electrons. The minimum Gasteiger partial charge on any atom is -0.457 e. The van der Waals surface area contributed by atoms with Gasteiger partial charge >= 0.3 is 6.03 Å². The number of amides is 4. The van der Waals surface area contributed by atoms with Crippen LogP contribution in [0.4, 0.5) is 21.9 Å². The number of thiophene rings is 1. The van der Waals surface area contributed by atoms with Crippen LogP contribution < -0.4 is 25.6 Å². The first-order valence-electron chi connectivity index (χ1n) is 12.4. The second kappa shape index (κ2) is 9.79. The number of rotatable bonds is 6.